The van der Waals surface area contributed by atoms with Crippen molar-refractivity contribution in [2.24, 2.45) is 0 Å². The molecular formula is C28H23BrNOP. The van der Waals surface area contributed by atoms with E-state index >= 15 is 0 Å². The van der Waals surface area contributed by atoms with Gasteiger partial charge in [-0.1, -0.05) is 84.9 Å². The van der Waals surface area contributed by atoms with Gasteiger partial charge in [0.25, 0.3) is 0 Å². The molecule has 5 rings (SSSR count). The molecule has 1 aromatic heterocycles. The highest BCUT2D eigenvalue weighted by molar-refractivity contribution is 8.93. The second kappa shape index (κ2) is 11.4. The van der Waals surface area contributed by atoms with Crippen LogP contribution in [0.2, 0.25) is 0 Å². The highest BCUT2D eigenvalue weighted by Crippen LogP contribution is 2.33. The van der Waals surface area contributed by atoms with E-state index in [1.807, 2.05) is 6.07 Å². The van der Waals surface area contributed by atoms with Gasteiger partial charge in [0.15, 0.2) is 0 Å². The number of fused-ring (bicyclic) bond motifs is 1. The number of hydrogen-bond donors (Lipinski definition) is 0. The summed E-state index contributed by atoms with van der Waals surface area (Å²) < 4.78 is 5.11. The topological polar surface area (TPSA) is 36.9 Å². The lowest BCUT2D eigenvalue weighted by molar-refractivity contribution is 0.616. The van der Waals surface area contributed by atoms with Gasteiger partial charge in [-0.25, -0.2) is 0 Å². The zero-order valence-corrected chi connectivity index (χ0v) is 20.3. The average molecular weight is 500 g/mol. The second-order valence-electron chi connectivity index (χ2n) is 7.08. The number of furan rings is 1. The van der Waals surface area contributed by atoms with Gasteiger partial charge in [-0.3, -0.25) is 0 Å². The van der Waals surface area contributed by atoms with Gasteiger partial charge in [0.05, 0.1) is 17.9 Å². The first-order chi connectivity index (χ1) is 15.3. The zero-order valence-electron chi connectivity index (χ0n) is 17.7. The first kappa shape index (κ1) is 23.5. The Hall–Kier alpha value is -3.18. The summed E-state index contributed by atoms with van der Waals surface area (Å²) in [5.74, 6) is 0. The van der Waals surface area contributed by atoms with Gasteiger partial charge in [-0.15, -0.1) is 17.0 Å². The molecule has 2 nitrogen and oxygen atoms in total. The minimum Gasteiger partial charge on any atom is -0.464 e. The van der Waals surface area contributed by atoms with E-state index in [-0.39, 0.29) is 17.0 Å². The van der Waals surface area contributed by atoms with Crippen LogP contribution in [-0.4, -0.2) is 0 Å². The van der Waals surface area contributed by atoms with E-state index in [0.29, 0.717) is 5.56 Å². The highest BCUT2D eigenvalue weighted by atomic mass is 79.9. The maximum atomic E-state index is 8.55. The van der Waals surface area contributed by atoms with Crippen molar-refractivity contribution in [1.29, 1.82) is 5.26 Å². The summed E-state index contributed by atoms with van der Waals surface area (Å²) in [6.07, 6.45) is 1.62. The van der Waals surface area contributed by atoms with Crippen LogP contribution in [0.1, 0.15) is 11.1 Å². The highest BCUT2D eigenvalue weighted by Gasteiger charge is 2.17. The van der Waals surface area contributed by atoms with E-state index < -0.39 is 7.92 Å². The largest absolute Gasteiger partial charge is 0.464 e. The van der Waals surface area contributed by atoms with Crippen LogP contribution in [0.25, 0.3) is 11.0 Å². The van der Waals surface area contributed by atoms with Crippen molar-refractivity contribution in [3.05, 3.63) is 127 Å². The Bertz CT molecular complexity index is 1270. The van der Waals surface area contributed by atoms with Crippen molar-refractivity contribution in [2.45, 2.75) is 6.92 Å². The summed E-state index contributed by atoms with van der Waals surface area (Å²) in [6, 6.07) is 39.6. The van der Waals surface area contributed by atoms with Crippen LogP contribution in [0.3, 0.4) is 0 Å². The fourth-order valence-corrected chi connectivity index (χ4v) is 5.89. The molecule has 1 heterocycles. The number of benzene rings is 4. The summed E-state index contributed by atoms with van der Waals surface area (Å²) in [4.78, 5) is 0. The molecule has 4 aromatic carbocycles. The number of halogens is 1. The predicted octanol–water partition coefficient (Wildman–Crippen LogP) is 6.64. The monoisotopic (exact) mass is 499 g/mol. The van der Waals surface area contributed by atoms with E-state index in [2.05, 4.69) is 97.9 Å². The van der Waals surface area contributed by atoms with Gasteiger partial charge in [-0.2, -0.15) is 5.26 Å². The van der Waals surface area contributed by atoms with E-state index in [0.717, 1.165) is 11.0 Å². The van der Waals surface area contributed by atoms with Crippen LogP contribution in [-0.2, 0) is 0 Å². The molecular weight excluding hydrogens is 477 g/mol. The molecule has 5 aromatic rings. The van der Waals surface area contributed by atoms with Crippen LogP contribution < -0.4 is 15.9 Å². The van der Waals surface area contributed by atoms with Gasteiger partial charge in [0.1, 0.15) is 5.58 Å². The number of rotatable bonds is 3. The molecule has 0 amide bonds. The standard InChI is InChI=1S/C19H17P.C9H5NO.BrH/c1-16-10-8-9-15-19(16)20(17-11-4-2-5-12-17)18-13-6-3-7-14-18;10-6-7-1-2-9-8(5-7)3-4-11-9;/h2-15H,1H3;1-5H;1H. The first-order valence-electron chi connectivity index (χ1n) is 10.1. The average Bonchev–Trinajstić information content (AvgIpc) is 3.30. The maximum Gasteiger partial charge on any atom is 0.133 e. The van der Waals surface area contributed by atoms with Crippen molar-refractivity contribution in [3.8, 4) is 6.07 Å². The van der Waals surface area contributed by atoms with E-state index in [1.54, 1.807) is 24.5 Å². The zero-order chi connectivity index (χ0) is 21.5. The van der Waals surface area contributed by atoms with Crippen LogP contribution in [0.4, 0.5) is 0 Å². The Labute approximate surface area is 200 Å². The summed E-state index contributed by atoms with van der Waals surface area (Å²) in [7, 11) is -0.467. The van der Waals surface area contributed by atoms with Crippen LogP contribution >= 0.6 is 24.9 Å². The molecule has 158 valence electrons. The number of nitrogens with zero attached hydrogens (tertiary/aromatic N) is 1. The molecule has 0 radical (unpaired) electrons. The van der Waals surface area contributed by atoms with Gasteiger partial charge in [-0.05, 0) is 60.6 Å². The molecule has 0 saturated heterocycles. The number of aryl methyl sites for hydroxylation is 1. The van der Waals surface area contributed by atoms with Gasteiger partial charge in [0, 0.05) is 5.39 Å². The van der Waals surface area contributed by atoms with Crippen LogP contribution in [0, 0.1) is 18.3 Å². The summed E-state index contributed by atoms with van der Waals surface area (Å²) in [5.41, 5.74) is 2.86. The van der Waals surface area contributed by atoms with Crippen molar-refractivity contribution < 1.29 is 4.42 Å². The molecule has 0 N–H and O–H groups in total. The molecule has 0 bridgehead atoms. The second-order valence-corrected chi connectivity index (χ2v) is 9.26. The Morgan fingerprint density at radius 2 is 1.31 bits per heavy atom. The normalized spacial score (nSPS) is 10.0. The van der Waals surface area contributed by atoms with Crippen molar-refractivity contribution in [2.75, 3.05) is 0 Å². The molecule has 0 unspecified atom stereocenters. The molecule has 4 heteroatoms. The van der Waals surface area contributed by atoms with Crippen molar-refractivity contribution in [3.63, 3.8) is 0 Å². The smallest absolute Gasteiger partial charge is 0.133 e. The van der Waals surface area contributed by atoms with E-state index in [9.17, 15) is 0 Å². The van der Waals surface area contributed by atoms with Crippen molar-refractivity contribution >= 4 is 51.8 Å². The fourth-order valence-electron chi connectivity index (χ4n) is 3.43. The van der Waals surface area contributed by atoms with Gasteiger partial charge in [0.2, 0.25) is 0 Å². The Balaban J connectivity index is 0.000000204. The lowest BCUT2D eigenvalue weighted by atomic mass is 10.2. The number of hydrogen-bond acceptors (Lipinski definition) is 2. The molecule has 32 heavy (non-hydrogen) atoms. The fraction of sp³-hybridized carbons (Fsp3) is 0.0357. The van der Waals surface area contributed by atoms with E-state index in [1.165, 1.54) is 21.5 Å². The van der Waals surface area contributed by atoms with Gasteiger partial charge < -0.3 is 4.42 Å². The lowest BCUT2D eigenvalue weighted by Gasteiger charge is -2.21. The summed E-state index contributed by atoms with van der Waals surface area (Å²) in [5, 5.41) is 13.8. The molecule has 0 aliphatic carbocycles. The SMILES string of the molecule is Br.Cc1ccccc1P(c1ccccc1)c1ccccc1.N#Cc1ccc2occc2c1. The third-order valence-corrected chi connectivity index (χ3v) is 7.58. The lowest BCUT2D eigenvalue weighted by Crippen LogP contribution is -2.22. The minimum atomic E-state index is -0.467. The van der Waals surface area contributed by atoms with Crippen LogP contribution in [0.15, 0.2) is 120 Å². The Morgan fingerprint density at radius 3 is 1.91 bits per heavy atom. The molecule has 0 spiro atoms. The van der Waals surface area contributed by atoms with Crippen LogP contribution in [0.5, 0.6) is 0 Å². The molecule has 0 atom stereocenters. The number of nitriles is 1. The molecule has 0 aliphatic rings. The third-order valence-electron chi connectivity index (χ3n) is 4.97. The van der Waals surface area contributed by atoms with Gasteiger partial charge >= 0.3 is 0 Å². The minimum absolute atomic E-state index is 0. The van der Waals surface area contributed by atoms with E-state index in [4.69, 9.17) is 9.68 Å². The molecule has 0 fully saturated rings. The Kier molecular flexibility index (Phi) is 8.40. The molecule has 0 aliphatic heterocycles. The van der Waals surface area contributed by atoms with Crippen molar-refractivity contribution in [1.82, 2.24) is 0 Å². The third kappa shape index (κ3) is 5.54. The first-order valence-corrected chi connectivity index (χ1v) is 11.4. The predicted molar refractivity (Wildman–Crippen MR) is 141 cm³/mol. The summed E-state index contributed by atoms with van der Waals surface area (Å²) in [6.45, 7) is 2.20. The molecule has 0 saturated carbocycles. The quantitative estimate of drug-likeness (QED) is 0.261. The maximum absolute atomic E-state index is 8.55. The summed E-state index contributed by atoms with van der Waals surface area (Å²) >= 11 is 0. The Morgan fingerprint density at radius 1 is 0.719 bits per heavy atom.